The molecule has 3 atom stereocenters. The Morgan fingerprint density at radius 3 is 2.73 bits per heavy atom. The number of amides is 1. The van der Waals surface area contributed by atoms with Gasteiger partial charge in [-0.3, -0.25) is 4.79 Å². The number of rotatable bonds is 2. The van der Waals surface area contributed by atoms with E-state index < -0.39 is 12.0 Å². The second-order valence-corrected chi connectivity index (χ2v) is 7.71. The number of nitrogens with two attached hydrogens (primary N) is 1. The molecule has 0 aromatic carbocycles. The van der Waals surface area contributed by atoms with Gasteiger partial charge >= 0.3 is 0 Å². The van der Waals surface area contributed by atoms with Gasteiger partial charge < -0.3 is 10.8 Å². The number of primary amides is 1. The van der Waals surface area contributed by atoms with Crippen LogP contribution in [0.3, 0.4) is 0 Å². The maximum Gasteiger partial charge on any atom is 0.244 e. The van der Waals surface area contributed by atoms with Gasteiger partial charge in [0.15, 0.2) is 0 Å². The van der Waals surface area contributed by atoms with Crippen LogP contribution in [0.4, 0.5) is 0 Å². The third-order valence-corrected chi connectivity index (χ3v) is 5.94. The summed E-state index contributed by atoms with van der Waals surface area (Å²) in [5.41, 5.74) is 10.5. The Hall–Kier alpha value is -1.35. The lowest BCUT2D eigenvalue weighted by Crippen LogP contribution is -2.33. The first-order chi connectivity index (χ1) is 10.3. The molecule has 1 saturated carbocycles. The fourth-order valence-electron chi connectivity index (χ4n) is 4.64. The second-order valence-electron chi connectivity index (χ2n) is 7.71. The van der Waals surface area contributed by atoms with Crippen LogP contribution in [0, 0.1) is 17.3 Å². The van der Waals surface area contributed by atoms with Crippen molar-refractivity contribution in [1.29, 1.82) is 0 Å². The highest BCUT2D eigenvalue weighted by atomic mass is 16.3. The van der Waals surface area contributed by atoms with E-state index in [4.69, 9.17) is 5.73 Å². The molecular formula is C19H27NO2. The summed E-state index contributed by atoms with van der Waals surface area (Å²) in [5, 5.41) is 10.6. The van der Waals surface area contributed by atoms with Gasteiger partial charge in [-0.15, -0.1) is 0 Å². The minimum absolute atomic E-state index is 0.142. The monoisotopic (exact) mass is 301 g/mol. The molecule has 0 aromatic rings. The van der Waals surface area contributed by atoms with Crippen LogP contribution in [0.2, 0.25) is 0 Å². The lowest BCUT2D eigenvalue weighted by molar-refractivity contribution is -0.115. The largest absolute Gasteiger partial charge is 0.392 e. The van der Waals surface area contributed by atoms with Crippen molar-refractivity contribution in [2.45, 2.75) is 59.0 Å². The van der Waals surface area contributed by atoms with Crippen molar-refractivity contribution in [3.8, 4) is 0 Å². The summed E-state index contributed by atoms with van der Waals surface area (Å²) in [7, 11) is 0. The van der Waals surface area contributed by atoms with Gasteiger partial charge in [0.2, 0.25) is 5.91 Å². The van der Waals surface area contributed by atoms with Crippen LogP contribution in [0.25, 0.3) is 0 Å². The standard InChI is InChI=1S/C19H27NO2/c1-11(2)13-6-8-19(3)9-7-14-15(17(13)19)5-4-12(18(20)22)10-16(14)21/h4-5,11,14,16,21H,6-10H2,1-3H3,(H2,20,22). The molecule has 0 radical (unpaired) electrons. The Balaban J connectivity index is 2.12. The van der Waals surface area contributed by atoms with Crippen LogP contribution < -0.4 is 5.73 Å². The first kappa shape index (κ1) is 15.5. The molecule has 3 unspecified atom stereocenters. The van der Waals surface area contributed by atoms with Crippen molar-refractivity contribution >= 4 is 5.91 Å². The Morgan fingerprint density at radius 2 is 2.09 bits per heavy atom. The Bertz CT molecular complexity index is 597. The van der Waals surface area contributed by atoms with E-state index in [9.17, 15) is 9.90 Å². The molecule has 0 aliphatic heterocycles. The number of hydrogen-bond donors (Lipinski definition) is 2. The van der Waals surface area contributed by atoms with E-state index in [1.54, 1.807) is 5.57 Å². The van der Waals surface area contributed by atoms with Crippen LogP contribution in [0.15, 0.2) is 34.4 Å². The normalized spacial score (nSPS) is 34.8. The quantitative estimate of drug-likeness (QED) is 0.822. The molecule has 22 heavy (non-hydrogen) atoms. The number of hydrogen-bond acceptors (Lipinski definition) is 2. The van der Waals surface area contributed by atoms with Crippen molar-refractivity contribution in [1.82, 2.24) is 0 Å². The summed E-state index contributed by atoms with van der Waals surface area (Å²) < 4.78 is 0. The fraction of sp³-hybridized carbons (Fsp3) is 0.632. The predicted octanol–water partition coefficient (Wildman–Crippen LogP) is 3.25. The summed E-state index contributed by atoms with van der Waals surface area (Å²) in [5.74, 6) is 0.265. The molecule has 1 amide bonds. The number of aliphatic hydroxyl groups is 1. The first-order valence-corrected chi connectivity index (χ1v) is 8.46. The molecule has 0 aromatic heterocycles. The van der Waals surface area contributed by atoms with E-state index in [2.05, 4.69) is 26.8 Å². The van der Waals surface area contributed by atoms with Gasteiger partial charge in [-0.1, -0.05) is 38.5 Å². The molecule has 0 bridgehead atoms. The zero-order valence-corrected chi connectivity index (χ0v) is 13.9. The molecule has 120 valence electrons. The van der Waals surface area contributed by atoms with Crippen molar-refractivity contribution in [3.63, 3.8) is 0 Å². The lowest BCUT2D eigenvalue weighted by atomic mass is 9.64. The van der Waals surface area contributed by atoms with E-state index >= 15 is 0 Å². The smallest absolute Gasteiger partial charge is 0.244 e. The number of allylic oxidation sites excluding steroid dienone is 4. The molecular weight excluding hydrogens is 274 g/mol. The SMILES string of the molecule is CC(C)C1=C2C3=CC=C(C(N)=O)CC(O)C3CCC2(C)CC1. The van der Waals surface area contributed by atoms with Crippen molar-refractivity contribution in [2.75, 3.05) is 0 Å². The number of carbonyl (C=O) groups is 1. The number of carbonyl (C=O) groups excluding carboxylic acids is 1. The predicted molar refractivity (Wildman–Crippen MR) is 87.9 cm³/mol. The summed E-state index contributed by atoms with van der Waals surface area (Å²) in [6.07, 6.45) is 8.29. The van der Waals surface area contributed by atoms with Gasteiger partial charge in [0.05, 0.1) is 6.10 Å². The molecule has 0 heterocycles. The molecule has 3 heteroatoms. The first-order valence-electron chi connectivity index (χ1n) is 8.46. The Labute approximate surface area is 133 Å². The summed E-state index contributed by atoms with van der Waals surface area (Å²) in [6, 6.07) is 0. The number of fused-ring (bicyclic) bond motifs is 3. The molecule has 1 fully saturated rings. The third kappa shape index (κ3) is 2.36. The van der Waals surface area contributed by atoms with E-state index in [1.807, 2.05) is 6.08 Å². The molecule has 3 nitrogen and oxygen atoms in total. The highest BCUT2D eigenvalue weighted by Crippen LogP contribution is 2.57. The van der Waals surface area contributed by atoms with E-state index in [0.29, 0.717) is 17.9 Å². The molecule has 3 aliphatic carbocycles. The van der Waals surface area contributed by atoms with Gasteiger partial charge in [-0.05, 0) is 48.2 Å². The van der Waals surface area contributed by atoms with E-state index in [0.717, 1.165) is 19.3 Å². The zero-order chi connectivity index (χ0) is 16.1. The van der Waals surface area contributed by atoms with Crippen molar-refractivity contribution < 1.29 is 9.90 Å². The average molecular weight is 301 g/mol. The van der Waals surface area contributed by atoms with Gasteiger partial charge in [-0.2, -0.15) is 0 Å². The van der Waals surface area contributed by atoms with Crippen LogP contribution in [-0.4, -0.2) is 17.1 Å². The van der Waals surface area contributed by atoms with E-state index in [-0.39, 0.29) is 11.3 Å². The molecule has 3 rings (SSSR count). The highest BCUT2D eigenvalue weighted by molar-refractivity contribution is 5.92. The lowest BCUT2D eigenvalue weighted by Gasteiger charge is -2.41. The maximum atomic E-state index is 11.5. The molecule has 0 spiro atoms. The molecule has 3 aliphatic rings. The van der Waals surface area contributed by atoms with Crippen LogP contribution in [-0.2, 0) is 4.79 Å². The van der Waals surface area contributed by atoms with Crippen LogP contribution in [0.1, 0.15) is 52.9 Å². The van der Waals surface area contributed by atoms with Crippen molar-refractivity contribution in [3.05, 3.63) is 34.4 Å². The average Bonchev–Trinajstić information content (AvgIpc) is 2.71. The minimum atomic E-state index is -0.501. The van der Waals surface area contributed by atoms with Gasteiger partial charge in [0.25, 0.3) is 0 Å². The molecule has 3 N–H and O–H groups in total. The highest BCUT2D eigenvalue weighted by Gasteiger charge is 2.46. The van der Waals surface area contributed by atoms with E-state index in [1.165, 1.54) is 17.6 Å². The Kier molecular flexibility index (Phi) is 3.80. The third-order valence-electron chi connectivity index (χ3n) is 5.94. The van der Waals surface area contributed by atoms with Gasteiger partial charge in [0, 0.05) is 17.9 Å². The van der Waals surface area contributed by atoms with Gasteiger partial charge in [0.1, 0.15) is 0 Å². The number of aliphatic hydroxyl groups excluding tert-OH is 1. The summed E-state index contributed by atoms with van der Waals surface area (Å²) in [6.45, 7) is 6.89. The summed E-state index contributed by atoms with van der Waals surface area (Å²) in [4.78, 5) is 11.5. The fourth-order valence-corrected chi connectivity index (χ4v) is 4.64. The van der Waals surface area contributed by atoms with Crippen molar-refractivity contribution in [2.24, 2.45) is 23.0 Å². The van der Waals surface area contributed by atoms with Crippen LogP contribution >= 0.6 is 0 Å². The maximum absolute atomic E-state index is 11.5. The van der Waals surface area contributed by atoms with Gasteiger partial charge in [-0.25, -0.2) is 0 Å². The second kappa shape index (κ2) is 5.38. The topological polar surface area (TPSA) is 63.3 Å². The minimum Gasteiger partial charge on any atom is -0.392 e. The zero-order valence-electron chi connectivity index (χ0n) is 13.9. The Morgan fingerprint density at radius 1 is 1.36 bits per heavy atom. The van der Waals surface area contributed by atoms with Crippen LogP contribution in [0.5, 0.6) is 0 Å². The summed E-state index contributed by atoms with van der Waals surface area (Å²) >= 11 is 0. The molecule has 0 saturated heterocycles.